The van der Waals surface area contributed by atoms with Gasteiger partial charge in [-0.15, -0.1) is 11.3 Å². The fourth-order valence-electron chi connectivity index (χ4n) is 1.54. The predicted octanol–water partition coefficient (Wildman–Crippen LogP) is 4.00. The van der Waals surface area contributed by atoms with Crippen molar-refractivity contribution in [3.8, 4) is 11.8 Å². The van der Waals surface area contributed by atoms with Crippen LogP contribution in [0.2, 0.25) is 0 Å². The fourth-order valence-corrected chi connectivity index (χ4v) is 2.93. The Labute approximate surface area is 118 Å². The number of hydrogen-bond acceptors (Lipinski definition) is 4. The van der Waals surface area contributed by atoms with E-state index in [1.54, 1.807) is 30.6 Å². The van der Waals surface area contributed by atoms with Crippen molar-refractivity contribution in [2.75, 3.05) is 12.4 Å². The minimum atomic E-state index is 0.594. The first-order valence-corrected chi connectivity index (χ1v) is 6.95. The molecule has 3 nitrogen and oxygen atoms in total. The number of thiophene rings is 1. The predicted molar refractivity (Wildman–Crippen MR) is 77.1 cm³/mol. The van der Waals surface area contributed by atoms with Gasteiger partial charge in [-0.05, 0) is 34.1 Å². The van der Waals surface area contributed by atoms with Gasteiger partial charge in [-0.25, -0.2) is 0 Å². The molecule has 0 atom stereocenters. The third kappa shape index (κ3) is 3.03. The standard InChI is InChI=1S/C13H11BrN2OS/c1-17-13-4-9(6-15)2-3-12(13)16-7-11-5-10(14)8-18-11/h2-5,8,16H,7H2,1H3. The molecule has 2 aromatic rings. The van der Waals surface area contributed by atoms with E-state index in [0.717, 1.165) is 16.7 Å². The summed E-state index contributed by atoms with van der Waals surface area (Å²) in [5, 5.41) is 14.2. The molecule has 1 N–H and O–H groups in total. The Balaban J connectivity index is 2.12. The average Bonchev–Trinajstić information content (AvgIpc) is 2.82. The van der Waals surface area contributed by atoms with Crippen LogP contribution in [0.25, 0.3) is 0 Å². The molecule has 0 amide bonds. The Morgan fingerprint density at radius 2 is 2.28 bits per heavy atom. The quantitative estimate of drug-likeness (QED) is 0.925. The molecule has 1 aromatic carbocycles. The van der Waals surface area contributed by atoms with E-state index in [2.05, 4.69) is 33.4 Å². The lowest BCUT2D eigenvalue weighted by Crippen LogP contribution is -2.00. The highest BCUT2D eigenvalue weighted by Crippen LogP contribution is 2.27. The summed E-state index contributed by atoms with van der Waals surface area (Å²) in [6.45, 7) is 0.735. The van der Waals surface area contributed by atoms with Crippen molar-refractivity contribution in [2.24, 2.45) is 0 Å². The molecule has 0 unspecified atom stereocenters. The maximum Gasteiger partial charge on any atom is 0.143 e. The maximum absolute atomic E-state index is 8.83. The number of methoxy groups -OCH3 is 1. The third-order valence-electron chi connectivity index (χ3n) is 2.41. The lowest BCUT2D eigenvalue weighted by molar-refractivity contribution is 0.416. The van der Waals surface area contributed by atoms with Crippen molar-refractivity contribution < 1.29 is 4.74 Å². The van der Waals surface area contributed by atoms with Gasteiger partial charge in [0.05, 0.1) is 24.4 Å². The van der Waals surface area contributed by atoms with Gasteiger partial charge in [0.25, 0.3) is 0 Å². The molecule has 1 aromatic heterocycles. The van der Waals surface area contributed by atoms with Crippen molar-refractivity contribution in [1.82, 2.24) is 0 Å². The number of nitrogens with zero attached hydrogens (tertiary/aromatic N) is 1. The molecular formula is C13H11BrN2OS. The first-order chi connectivity index (χ1) is 8.72. The van der Waals surface area contributed by atoms with Crippen LogP contribution in [0.5, 0.6) is 5.75 Å². The molecule has 0 radical (unpaired) electrons. The molecule has 18 heavy (non-hydrogen) atoms. The van der Waals surface area contributed by atoms with Crippen LogP contribution >= 0.6 is 27.3 Å². The Morgan fingerprint density at radius 1 is 1.44 bits per heavy atom. The van der Waals surface area contributed by atoms with Gasteiger partial charge in [0.1, 0.15) is 5.75 Å². The second kappa shape index (κ2) is 5.89. The highest BCUT2D eigenvalue weighted by Gasteiger charge is 2.05. The summed E-state index contributed by atoms with van der Waals surface area (Å²) in [5.41, 5.74) is 1.48. The zero-order chi connectivity index (χ0) is 13.0. The van der Waals surface area contributed by atoms with Crippen molar-refractivity contribution in [3.63, 3.8) is 0 Å². The van der Waals surface area contributed by atoms with Crippen LogP contribution in [0.1, 0.15) is 10.4 Å². The van der Waals surface area contributed by atoms with E-state index < -0.39 is 0 Å². The van der Waals surface area contributed by atoms with Gasteiger partial charge in [-0.3, -0.25) is 0 Å². The van der Waals surface area contributed by atoms with Crippen molar-refractivity contribution >= 4 is 33.0 Å². The lowest BCUT2D eigenvalue weighted by Gasteiger charge is -2.10. The van der Waals surface area contributed by atoms with Crippen LogP contribution < -0.4 is 10.1 Å². The fraction of sp³-hybridized carbons (Fsp3) is 0.154. The number of nitrogens with one attached hydrogen (secondary N) is 1. The minimum absolute atomic E-state index is 0.594. The average molecular weight is 323 g/mol. The summed E-state index contributed by atoms with van der Waals surface area (Å²) in [6, 6.07) is 9.53. The Morgan fingerprint density at radius 3 is 2.89 bits per heavy atom. The van der Waals surface area contributed by atoms with E-state index in [0.29, 0.717) is 11.3 Å². The normalized spacial score (nSPS) is 9.83. The van der Waals surface area contributed by atoms with Gasteiger partial charge in [-0.1, -0.05) is 0 Å². The van der Waals surface area contributed by atoms with E-state index in [9.17, 15) is 0 Å². The molecule has 0 bridgehead atoms. The molecule has 0 saturated heterocycles. The van der Waals surface area contributed by atoms with Crippen LogP contribution in [-0.2, 0) is 6.54 Å². The number of nitriles is 1. The minimum Gasteiger partial charge on any atom is -0.495 e. The van der Waals surface area contributed by atoms with Gasteiger partial charge in [0.2, 0.25) is 0 Å². The highest BCUT2D eigenvalue weighted by atomic mass is 79.9. The van der Waals surface area contributed by atoms with Crippen LogP contribution in [0.4, 0.5) is 5.69 Å². The van der Waals surface area contributed by atoms with E-state index in [1.165, 1.54) is 4.88 Å². The first-order valence-electron chi connectivity index (χ1n) is 5.28. The Kier molecular flexibility index (Phi) is 4.24. The lowest BCUT2D eigenvalue weighted by atomic mass is 10.2. The zero-order valence-corrected chi connectivity index (χ0v) is 12.1. The second-order valence-corrected chi connectivity index (χ2v) is 5.52. The number of ether oxygens (including phenoxy) is 1. The van der Waals surface area contributed by atoms with Crippen molar-refractivity contribution in [2.45, 2.75) is 6.54 Å². The number of halogens is 1. The van der Waals surface area contributed by atoms with Gasteiger partial charge in [0.15, 0.2) is 0 Å². The van der Waals surface area contributed by atoms with Crippen LogP contribution in [0.3, 0.4) is 0 Å². The monoisotopic (exact) mass is 322 g/mol. The molecule has 92 valence electrons. The highest BCUT2D eigenvalue weighted by molar-refractivity contribution is 9.10. The summed E-state index contributed by atoms with van der Waals surface area (Å²) >= 11 is 5.11. The second-order valence-electron chi connectivity index (χ2n) is 3.61. The van der Waals surface area contributed by atoms with Crippen LogP contribution in [-0.4, -0.2) is 7.11 Å². The molecule has 1 heterocycles. The number of rotatable bonds is 4. The molecule has 0 spiro atoms. The molecule has 0 saturated carbocycles. The Bertz CT molecular complexity index is 589. The summed E-state index contributed by atoms with van der Waals surface area (Å²) in [5.74, 6) is 0.685. The Hall–Kier alpha value is -1.51. The molecule has 0 aliphatic carbocycles. The topological polar surface area (TPSA) is 45.0 Å². The van der Waals surface area contributed by atoms with Crippen molar-refractivity contribution in [3.05, 3.63) is 44.6 Å². The molecular weight excluding hydrogens is 312 g/mol. The van der Waals surface area contributed by atoms with Gasteiger partial charge < -0.3 is 10.1 Å². The smallest absolute Gasteiger partial charge is 0.143 e. The van der Waals surface area contributed by atoms with Crippen LogP contribution in [0.15, 0.2) is 34.1 Å². The third-order valence-corrected chi connectivity index (χ3v) is 4.10. The molecule has 2 rings (SSSR count). The first kappa shape index (κ1) is 12.9. The number of hydrogen-bond donors (Lipinski definition) is 1. The molecule has 0 fully saturated rings. The van der Waals surface area contributed by atoms with E-state index in [-0.39, 0.29) is 0 Å². The van der Waals surface area contributed by atoms with E-state index >= 15 is 0 Å². The number of benzene rings is 1. The zero-order valence-electron chi connectivity index (χ0n) is 9.74. The van der Waals surface area contributed by atoms with Crippen LogP contribution in [0, 0.1) is 11.3 Å². The van der Waals surface area contributed by atoms with Crippen molar-refractivity contribution in [1.29, 1.82) is 5.26 Å². The largest absolute Gasteiger partial charge is 0.495 e. The van der Waals surface area contributed by atoms with Gasteiger partial charge >= 0.3 is 0 Å². The summed E-state index contributed by atoms with van der Waals surface area (Å²) in [6.07, 6.45) is 0. The molecule has 0 aliphatic rings. The molecule has 0 aliphatic heterocycles. The van der Waals surface area contributed by atoms with E-state index in [4.69, 9.17) is 10.00 Å². The summed E-state index contributed by atoms with van der Waals surface area (Å²) < 4.78 is 6.36. The van der Waals surface area contributed by atoms with E-state index in [1.807, 2.05) is 11.4 Å². The summed E-state index contributed by atoms with van der Waals surface area (Å²) in [7, 11) is 1.60. The molecule has 5 heteroatoms. The SMILES string of the molecule is COc1cc(C#N)ccc1NCc1cc(Br)cs1. The van der Waals surface area contributed by atoms with Gasteiger partial charge in [0, 0.05) is 27.3 Å². The number of anilines is 1. The maximum atomic E-state index is 8.83. The van der Waals surface area contributed by atoms with Gasteiger partial charge in [-0.2, -0.15) is 5.26 Å². The summed E-state index contributed by atoms with van der Waals surface area (Å²) in [4.78, 5) is 1.23.